The third-order valence-corrected chi connectivity index (χ3v) is 5.57. The van der Waals surface area contributed by atoms with Crippen molar-refractivity contribution in [2.45, 2.75) is 122 Å². The van der Waals surface area contributed by atoms with Gasteiger partial charge in [0.15, 0.2) is 0 Å². The monoisotopic (exact) mass is 351 g/mol. The minimum atomic E-state index is -0.0643. The number of ether oxygens (including phenoxy) is 1. The maximum atomic E-state index is 6.35. The molecule has 2 nitrogen and oxygen atoms in total. The van der Waals surface area contributed by atoms with Gasteiger partial charge in [-0.1, -0.05) is 70.4 Å². The third-order valence-electron chi connectivity index (χ3n) is 5.57. The lowest BCUT2D eigenvalue weighted by Gasteiger charge is -2.30. The summed E-state index contributed by atoms with van der Waals surface area (Å²) in [4.78, 5) is 0. The molecule has 2 N–H and O–H groups in total. The standard InChI is InChI=1S/C23H45NO/c1-4-5-6-7-8-9-10-11-12-13-14-15-16-17-18-21(23(2,3)24)19-22-20-25-22/h11-12,21-22H,4-10,13-20,24H2,1-3H3. The largest absolute Gasteiger partial charge is 0.373 e. The molecule has 2 atom stereocenters. The molecule has 1 fully saturated rings. The average Bonchev–Trinajstić information content (AvgIpc) is 3.37. The second-order valence-corrected chi connectivity index (χ2v) is 8.73. The van der Waals surface area contributed by atoms with Gasteiger partial charge in [0.25, 0.3) is 0 Å². The Morgan fingerprint density at radius 3 is 1.96 bits per heavy atom. The van der Waals surface area contributed by atoms with Crippen LogP contribution in [0, 0.1) is 5.92 Å². The summed E-state index contributed by atoms with van der Waals surface area (Å²) in [5.74, 6) is 0.609. The van der Waals surface area contributed by atoms with Gasteiger partial charge in [0.05, 0.1) is 12.7 Å². The number of hydrogen-bond donors (Lipinski definition) is 1. The fraction of sp³-hybridized carbons (Fsp3) is 0.913. The van der Waals surface area contributed by atoms with E-state index >= 15 is 0 Å². The van der Waals surface area contributed by atoms with Crippen molar-refractivity contribution in [1.82, 2.24) is 0 Å². The number of allylic oxidation sites excluding steroid dienone is 2. The smallest absolute Gasteiger partial charge is 0.0813 e. The van der Waals surface area contributed by atoms with Crippen molar-refractivity contribution in [2.24, 2.45) is 11.7 Å². The maximum Gasteiger partial charge on any atom is 0.0813 e. The predicted octanol–water partition coefficient (Wildman–Crippen LogP) is 6.78. The van der Waals surface area contributed by atoms with Crippen molar-refractivity contribution in [2.75, 3.05) is 6.61 Å². The topological polar surface area (TPSA) is 38.5 Å². The van der Waals surface area contributed by atoms with Crippen LogP contribution in [0.25, 0.3) is 0 Å². The highest BCUT2D eigenvalue weighted by Crippen LogP contribution is 2.30. The minimum Gasteiger partial charge on any atom is -0.373 e. The Hall–Kier alpha value is -0.340. The van der Waals surface area contributed by atoms with Crippen LogP contribution in [0.2, 0.25) is 0 Å². The molecule has 1 aliphatic heterocycles. The van der Waals surface area contributed by atoms with E-state index < -0.39 is 0 Å². The zero-order valence-corrected chi connectivity index (χ0v) is 17.4. The quantitative estimate of drug-likeness (QED) is 0.178. The summed E-state index contributed by atoms with van der Waals surface area (Å²) in [5.41, 5.74) is 6.28. The molecule has 0 aromatic rings. The van der Waals surface area contributed by atoms with E-state index in [2.05, 4.69) is 32.9 Å². The van der Waals surface area contributed by atoms with Crippen LogP contribution < -0.4 is 5.73 Å². The molecule has 2 unspecified atom stereocenters. The van der Waals surface area contributed by atoms with Gasteiger partial charge in [0, 0.05) is 5.54 Å². The summed E-state index contributed by atoms with van der Waals surface area (Å²) < 4.78 is 5.39. The molecular weight excluding hydrogens is 306 g/mol. The molecule has 0 bridgehead atoms. The number of rotatable bonds is 17. The van der Waals surface area contributed by atoms with Gasteiger partial charge >= 0.3 is 0 Å². The number of hydrogen-bond acceptors (Lipinski definition) is 2. The van der Waals surface area contributed by atoms with Gasteiger partial charge in [-0.25, -0.2) is 0 Å². The van der Waals surface area contributed by atoms with E-state index in [9.17, 15) is 0 Å². The highest BCUT2D eigenvalue weighted by molar-refractivity contribution is 4.87. The summed E-state index contributed by atoms with van der Waals surface area (Å²) in [6.45, 7) is 7.59. The molecule has 0 amide bonds. The Balaban J connectivity index is 1.89. The van der Waals surface area contributed by atoms with E-state index in [-0.39, 0.29) is 5.54 Å². The molecule has 0 radical (unpaired) electrons. The van der Waals surface area contributed by atoms with Crippen LogP contribution in [0.1, 0.15) is 111 Å². The number of unbranched alkanes of at least 4 members (excludes halogenated alkanes) is 10. The van der Waals surface area contributed by atoms with Crippen molar-refractivity contribution in [3.8, 4) is 0 Å². The van der Waals surface area contributed by atoms with E-state index in [1.165, 1.54) is 83.5 Å². The number of epoxide rings is 1. The first-order valence-electron chi connectivity index (χ1n) is 11.1. The minimum absolute atomic E-state index is 0.0643. The van der Waals surface area contributed by atoms with Crippen LogP contribution in [-0.2, 0) is 4.74 Å². The van der Waals surface area contributed by atoms with E-state index in [1.807, 2.05) is 0 Å². The second kappa shape index (κ2) is 13.8. The maximum absolute atomic E-state index is 6.35. The Morgan fingerprint density at radius 2 is 1.44 bits per heavy atom. The van der Waals surface area contributed by atoms with Gasteiger partial charge in [-0.05, 0) is 58.3 Å². The van der Waals surface area contributed by atoms with Crippen molar-refractivity contribution in [1.29, 1.82) is 0 Å². The molecule has 0 aromatic heterocycles. The molecule has 0 spiro atoms. The molecule has 0 saturated carbocycles. The summed E-state index contributed by atoms with van der Waals surface area (Å²) in [6.07, 6.45) is 24.0. The van der Waals surface area contributed by atoms with E-state index in [1.54, 1.807) is 0 Å². The fourth-order valence-corrected chi connectivity index (χ4v) is 3.60. The molecule has 0 aromatic carbocycles. The van der Waals surface area contributed by atoms with Gasteiger partial charge in [0.1, 0.15) is 0 Å². The van der Waals surface area contributed by atoms with Crippen LogP contribution >= 0.6 is 0 Å². The molecule has 1 saturated heterocycles. The summed E-state index contributed by atoms with van der Waals surface area (Å²) in [7, 11) is 0. The van der Waals surface area contributed by atoms with Crippen LogP contribution in [0.5, 0.6) is 0 Å². The van der Waals surface area contributed by atoms with Crippen LogP contribution in [0.15, 0.2) is 12.2 Å². The molecule has 1 heterocycles. The van der Waals surface area contributed by atoms with Gasteiger partial charge < -0.3 is 10.5 Å². The van der Waals surface area contributed by atoms with Gasteiger partial charge in [-0.3, -0.25) is 0 Å². The van der Waals surface area contributed by atoms with Gasteiger partial charge in [-0.15, -0.1) is 0 Å². The van der Waals surface area contributed by atoms with Crippen molar-refractivity contribution >= 4 is 0 Å². The number of nitrogens with two attached hydrogens (primary N) is 1. The predicted molar refractivity (Wildman–Crippen MR) is 111 cm³/mol. The summed E-state index contributed by atoms with van der Waals surface area (Å²) >= 11 is 0. The highest BCUT2D eigenvalue weighted by atomic mass is 16.6. The summed E-state index contributed by atoms with van der Waals surface area (Å²) in [5, 5.41) is 0. The Labute approximate surface area is 158 Å². The van der Waals surface area contributed by atoms with Gasteiger partial charge in [-0.2, -0.15) is 0 Å². The second-order valence-electron chi connectivity index (χ2n) is 8.73. The lowest BCUT2D eigenvalue weighted by molar-refractivity contribution is 0.246. The molecule has 25 heavy (non-hydrogen) atoms. The highest BCUT2D eigenvalue weighted by Gasteiger charge is 2.32. The Morgan fingerprint density at radius 1 is 0.920 bits per heavy atom. The molecule has 1 aliphatic rings. The molecule has 0 aliphatic carbocycles. The molecular formula is C23H45NO. The first kappa shape index (κ1) is 22.7. The van der Waals surface area contributed by atoms with Crippen molar-refractivity contribution < 1.29 is 4.74 Å². The van der Waals surface area contributed by atoms with Crippen LogP contribution in [0.3, 0.4) is 0 Å². The fourth-order valence-electron chi connectivity index (χ4n) is 3.60. The van der Waals surface area contributed by atoms with Gasteiger partial charge in [0.2, 0.25) is 0 Å². The zero-order valence-electron chi connectivity index (χ0n) is 17.4. The first-order chi connectivity index (χ1) is 12.0. The van der Waals surface area contributed by atoms with E-state index in [0.29, 0.717) is 12.0 Å². The van der Waals surface area contributed by atoms with Crippen molar-refractivity contribution in [3.05, 3.63) is 12.2 Å². The molecule has 148 valence electrons. The zero-order chi connectivity index (χ0) is 18.4. The lowest BCUT2D eigenvalue weighted by atomic mass is 9.81. The molecule has 1 rings (SSSR count). The third kappa shape index (κ3) is 13.5. The van der Waals surface area contributed by atoms with E-state index in [0.717, 1.165) is 13.0 Å². The summed E-state index contributed by atoms with van der Waals surface area (Å²) in [6, 6.07) is 0. The first-order valence-corrected chi connectivity index (χ1v) is 11.1. The van der Waals surface area contributed by atoms with Crippen molar-refractivity contribution in [3.63, 3.8) is 0 Å². The van der Waals surface area contributed by atoms with Crippen LogP contribution in [-0.4, -0.2) is 18.2 Å². The normalized spacial score (nSPS) is 18.8. The Bertz CT molecular complexity index is 327. The average molecular weight is 352 g/mol. The van der Waals surface area contributed by atoms with E-state index in [4.69, 9.17) is 10.5 Å². The lowest BCUT2D eigenvalue weighted by Crippen LogP contribution is -2.41. The SMILES string of the molecule is CCCCCCCCC=CCCCCCCC(CC1CO1)C(C)(C)N. The van der Waals surface area contributed by atoms with Crippen LogP contribution in [0.4, 0.5) is 0 Å². The molecule has 2 heteroatoms. The Kier molecular flexibility index (Phi) is 12.5.